The van der Waals surface area contributed by atoms with Gasteiger partial charge >= 0.3 is 5.97 Å². The minimum Gasteiger partial charge on any atom is -0.481 e. The predicted molar refractivity (Wildman–Crippen MR) is 67.8 cm³/mol. The van der Waals surface area contributed by atoms with Gasteiger partial charge in [0.05, 0.1) is 0 Å². The van der Waals surface area contributed by atoms with Crippen LogP contribution in [0.1, 0.15) is 59.3 Å². The van der Waals surface area contributed by atoms with Gasteiger partial charge in [0, 0.05) is 18.9 Å². The van der Waals surface area contributed by atoms with Gasteiger partial charge in [-0.2, -0.15) is 0 Å². The van der Waals surface area contributed by atoms with Crippen molar-refractivity contribution in [3.63, 3.8) is 0 Å². The van der Waals surface area contributed by atoms with Crippen LogP contribution in [0.25, 0.3) is 0 Å². The maximum absolute atomic E-state index is 11.6. The van der Waals surface area contributed by atoms with Crippen LogP contribution in [0.5, 0.6) is 0 Å². The minimum absolute atomic E-state index is 0.0368. The zero-order valence-electron chi connectivity index (χ0n) is 11.2. The Morgan fingerprint density at radius 2 is 1.65 bits per heavy atom. The summed E-state index contributed by atoms with van der Waals surface area (Å²) >= 11 is 0. The van der Waals surface area contributed by atoms with E-state index < -0.39 is 5.97 Å². The van der Waals surface area contributed by atoms with E-state index in [0.29, 0.717) is 25.2 Å². The first kappa shape index (κ1) is 15.9. The van der Waals surface area contributed by atoms with Crippen LogP contribution < -0.4 is 5.32 Å². The minimum atomic E-state index is -0.796. The van der Waals surface area contributed by atoms with Crippen molar-refractivity contribution in [3.8, 4) is 0 Å². The maximum atomic E-state index is 11.6. The van der Waals surface area contributed by atoms with Crippen LogP contribution in [0.2, 0.25) is 0 Å². The van der Waals surface area contributed by atoms with Crippen LogP contribution in [0, 0.1) is 5.92 Å². The number of aliphatic carboxylic acids is 1. The van der Waals surface area contributed by atoms with E-state index in [1.165, 1.54) is 0 Å². The molecule has 0 bridgehead atoms. The normalized spacial score (nSPS) is 12.5. The fraction of sp³-hybridized carbons (Fsp3) is 0.846. The standard InChI is InChI=1S/C13H25NO3/c1-4-11(5-2)10(3)14-12(15)8-6-7-9-13(16)17/h10-11H,4-9H2,1-3H3,(H,14,15)(H,16,17). The molecule has 0 radical (unpaired) electrons. The lowest BCUT2D eigenvalue weighted by molar-refractivity contribution is -0.137. The summed E-state index contributed by atoms with van der Waals surface area (Å²) in [6.45, 7) is 6.29. The number of nitrogens with one attached hydrogen (secondary N) is 1. The molecule has 0 aromatic heterocycles. The van der Waals surface area contributed by atoms with Crippen LogP contribution in [0.3, 0.4) is 0 Å². The first-order chi connectivity index (χ1) is 8.01. The first-order valence-electron chi connectivity index (χ1n) is 6.52. The number of carbonyl (C=O) groups is 2. The molecule has 0 heterocycles. The lowest BCUT2D eigenvalue weighted by Gasteiger charge is -2.22. The van der Waals surface area contributed by atoms with Gasteiger partial charge in [-0.15, -0.1) is 0 Å². The lowest BCUT2D eigenvalue weighted by Crippen LogP contribution is -2.37. The van der Waals surface area contributed by atoms with E-state index in [4.69, 9.17) is 5.11 Å². The molecular weight excluding hydrogens is 218 g/mol. The highest BCUT2D eigenvalue weighted by Crippen LogP contribution is 2.12. The third-order valence-corrected chi connectivity index (χ3v) is 3.19. The van der Waals surface area contributed by atoms with Crippen LogP contribution in [0.15, 0.2) is 0 Å². The van der Waals surface area contributed by atoms with Gasteiger partial charge in [-0.1, -0.05) is 26.7 Å². The molecule has 0 fully saturated rings. The monoisotopic (exact) mass is 243 g/mol. The van der Waals surface area contributed by atoms with Crippen LogP contribution in [-0.4, -0.2) is 23.0 Å². The quantitative estimate of drug-likeness (QED) is 0.612. The van der Waals surface area contributed by atoms with Crippen molar-refractivity contribution in [2.75, 3.05) is 0 Å². The highest BCUT2D eigenvalue weighted by atomic mass is 16.4. The van der Waals surface area contributed by atoms with Crippen molar-refractivity contribution in [2.24, 2.45) is 5.92 Å². The van der Waals surface area contributed by atoms with Crippen molar-refractivity contribution in [1.82, 2.24) is 5.32 Å². The van der Waals surface area contributed by atoms with E-state index in [2.05, 4.69) is 19.2 Å². The van der Waals surface area contributed by atoms with Crippen molar-refractivity contribution >= 4 is 11.9 Å². The summed E-state index contributed by atoms with van der Waals surface area (Å²) in [6, 6.07) is 0.206. The summed E-state index contributed by atoms with van der Waals surface area (Å²) < 4.78 is 0. The summed E-state index contributed by atoms with van der Waals surface area (Å²) in [7, 11) is 0. The molecule has 0 spiro atoms. The van der Waals surface area contributed by atoms with Crippen LogP contribution in [-0.2, 0) is 9.59 Å². The number of carboxylic acids is 1. The molecule has 4 nitrogen and oxygen atoms in total. The highest BCUT2D eigenvalue weighted by Gasteiger charge is 2.15. The van der Waals surface area contributed by atoms with E-state index in [0.717, 1.165) is 12.8 Å². The van der Waals surface area contributed by atoms with Gasteiger partial charge in [-0.25, -0.2) is 0 Å². The summed E-state index contributed by atoms with van der Waals surface area (Å²) in [5.74, 6) is -0.233. The molecule has 1 atom stereocenters. The lowest BCUT2D eigenvalue weighted by atomic mass is 9.95. The smallest absolute Gasteiger partial charge is 0.303 e. The predicted octanol–water partition coefficient (Wildman–Crippen LogP) is 2.57. The maximum Gasteiger partial charge on any atom is 0.303 e. The van der Waals surface area contributed by atoms with Crippen molar-refractivity contribution in [2.45, 2.75) is 65.3 Å². The molecule has 0 aliphatic rings. The van der Waals surface area contributed by atoms with Gasteiger partial charge in [0.25, 0.3) is 0 Å². The fourth-order valence-corrected chi connectivity index (χ4v) is 2.00. The topological polar surface area (TPSA) is 66.4 Å². The second kappa shape index (κ2) is 9.02. The Morgan fingerprint density at radius 1 is 1.12 bits per heavy atom. The molecule has 1 unspecified atom stereocenters. The van der Waals surface area contributed by atoms with Crippen molar-refractivity contribution < 1.29 is 14.7 Å². The molecule has 0 rings (SSSR count). The number of hydrogen-bond donors (Lipinski definition) is 2. The molecule has 0 aliphatic carbocycles. The number of rotatable bonds is 9. The summed E-state index contributed by atoms with van der Waals surface area (Å²) in [6.07, 6.45) is 3.93. The molecular formula is C13H25NO3. The van der Waals surface area contributed by atoms with Crippen molar-refractivity contribution in [3.05, 3.63) is 0 Å². The molecule has 17 heavy (non-hydrogen) atoms. The summed E-state index contributed by atoms with van der Waals surface area (Å²) in [5, 5.41) is 11.4. The second-order valence-electron chi connectivity index (χ2n) is 4.53. The van der Waals surface area contributed by atoms with E-state index in [1.807, 2.05) is 6.92 Å². The van der Waals surface area contributed by atoms with Crippen molar-refractivity contribution in [1.29, 1.82) is 0 Å². The number of carbonyl (C=O) groups excluding carboxylic acids is 1. The number of unbranched alkanes of at least 4 members (excludes halogenated alkanes) is 1. The highest BCUT2D eigenvalue weighted by molar-refractivity contribution is 5.76. The molecule has 100 valence electrons. The Morgan fingerprint density at radius 3 is 2.12 bits per heavy atom. The molecule has 2 N–H and O–H groups in total. The van der Waals surface area contributed by atoms with Gasteiger partial charge in [-0.05, 0) is 25.7 Å². The first-order valence-corrected chi connectivity index (χ1v) is 6.52. The summed E-state index contributed by atoms with van der Waals surface area (Å²) in [4.78, 5) is 21.9. The Hall–Kier alpha value is -1.06. The molecule has 0 saturated heterocycles. The van der Waals surface area contributed by atoms with Gasteiger partial charge in [0.2, 0.25) is 5.91 Å². The Bertz CT molecular complexity index is 237. The number of hydrogen-bond acceptors (Lipinski definition) is 2. The molecule has 0 aliphatic heterocycles. The Balaban J connectivity index is 3.74. The second-order valence-corrected chi connectivity index (χ2v) is 4.53. The van der Waals surface area contributed by atoms with E-state index in [1.54, 1.807) is 0 Å². The van der Waals surface area contributed by atoms with Gasteiger partial charge < -0.3 is 10.4 Å². The van der Waals surface area contributed by atoms with E-state index in [9.17, 15) is 9.59 Å². The summed E-state index contributed by atoms with van der Waals surface area (Å²) in [5.41, 5.74) is 0. The Labute approximate surface area is 104 Å². The Kier molecular flexibility index (Phi) is 8.46. The van der Waals surface area contributed by atoms with Gasteiger partial charge in [-0.3, -0.25) is 9.59 Å². The van der Waals surface area contributed by atoms with E-state index >= 15 is 0 Å². The fourth-order valence-electron chi connectivity index (χ4n) is 2.00. The molecule has 1 amide bonds. The molecule has 0 aromatic carbocycles. The SMILES string of the molecule is CCC(CC)C(C)NC(=O)CCCCC(=O)O. The molecule has 0 saturated carbocycles. The largest absolute Gasteiger partial charge is 0.481 e. The van der Waals surface area contributed by atoms with Crippen LogP contribution >= 0.6 is 0 Å². The molecule has 4 heteroatoms. The van der Waals surface area contributed by atoms with E-state index in [-0.39, 0.29) is 18.4 Å². The van der Waals surface area contributed by atoms with Gasteiger partial charge in [0.15, 0.2) is 0 Å². The average molecular weight is 243 g/mol. The average Bonchev–Trinajstić information content (AvgIpc) is 2.25. The van der Waals surface area contributed by atoms with Gasteiger partial charge in [0.1, 0.15) is 0 Å². The number of carboxylic acid groups (broad SMARTS) is 1. The zero-order chi connectivity index (χ0) is 13.3. The number of amides is 1. The molecule has 0 aromatic rings. The third kappa shape index (κ3) is 7.77. The zero-order valence-corrected chi connectivity index (χ0v) is 11.2. The third-order valence-electron chi connectivity index (χ3n) is 3.19. The van der Waals surface area contributed by atoms with Crippen LogP contribution in [0.4, 0.5) is 0 Å².